The molecule has 0 saturated carbocycles. The Morgan fingerprint density at radius 3 is 2.48 bits per heavy atom. The molecule has 0 aliphatic carbocycles. The number of benzene rings is 2. The summed E-state index contributed by atoms with van der Waals surface area (Å²) in [5.41, 5.74) is 1.77. The molecule has 2 aromatic rings. The van der Waals surface area contributed by atoms with Crippen molar-refractivity contribution in [1.29, 1.82) is 0 Å². The second kappa shape index (κ2) is 6.12. The van der Waals surface area contributed by atoms with E-state index in [1.165, 1.54) is 6.92 Å². The molecule has 1 amide bonds. The number of esters is 1. The number of rotatable bonds is 4. The summed E-state index contributed by atoms with van der Waals surface area (Å²) in [7, 11) is 1.60. The van der Waals surface area contributed by atoms with Gasteiger partial charge in [0.05, 0.1) is 19.6 Å². The highest BCUT2D eigenvalue weighted by atomic mass is 16.5. The average molecular weight is 311 g/mol. The van der Waals surface area contributed by atoms with Gasteiger partial charge < -0.3 is 14.4 Å². The number of hydrogen-bond acceptors (Lipinski definition) is 4. The summed E-state index contributed by atoms with van der Waals surface area (Å²) >= 11 is 0. The largest absolute Gasteiger partial charge is 0.497 e. The van der Waals surface area contributed by atoms with Crippen molar-refractivity contribution in [2.45, 2.75) is 19.4 Å². The quantitative estimate of drug-likeness (QED) is 0.494. The number of nitrogens with zero attached hydrogens (tertiary/aromatic N) is 1. The third-order valence-corrected chi connectivity index (χ3v) is 3.80. The standard InChI is InChI=1S/C18H17NO4/c1-12(20)23-16-5-3-4-13(10-16)17-11-18(21)19(17)14-6-8-15(22-2)9-7-14/h3-10,17H,11H2,1-2H3. The third-order valence-electron chi connectivity index (χ3n) is 3.80. The van der Waals surface area contributed by atoms with Crippen LogP contribution in [-0.4, -0.2) is 19.0 Å². The van der Waals surface area contributed by atoms with Crippen molar-refractivity contribution >= 4 is 17.6 Å². The summed E-state index contributed by atoms with van der Waals surface area (Å²) in [6.07, 6.45) is 0.440. The SMILES string of the molecule is COc1ccc(N2C(=O)CC2c2cccc(OC(C)=O)c2)cc1. The fourth-order valence-corrected chi connectivity index (χ4v) is 2.70. The maximum atomic E-state index is 12.0. The monoisotopic (exact) mass is 311 g/mol. The van der Waals surface area contributed by atoms with Crippen LogP contribution in [-0.2, 0) is 9.59 Å². The van der Waals surface area contributed by atoms with Crippen molar-refractivity contribution in [1.82, 2.24) is 0 Å². The minimum Gasteiger partial charge on any atom is -0.497 e. The lowest BCUT2D eigenvalue weighted by molar-refractivity contribution is -0.132. The Labute approximate surface area is 134 Å². The smallest absolute Gasteiger partial charge is 0.308 e. The average Bonchev–Trinajstić information content (AvgIpc) is 2.53. The zero-order valence-corrected chi connectivity index (χ0v) is 13.0. The van der Waals surface area contributed by atoms with E-state index in [-0.39, 0.29) is 17.9 Å². The van der Waals surface area contributed by atoms with E-state index in [0.29, 0.717) is 12.2 Å². The lowest BCUT2D eigenvalue weighted by Crippen LogP contribution is -2.46. The van der Waals surface area contributed by atoms with E-state index < -0.39 is 0 Å². The predicted octanol–water partition coefficient (Wildman–Crippen LogP) is 3.10. The fourth-order valence-electron chi connectivity index (χ4n) is 2.70. The number of carbonyl (C=O) groups excluding carboxylic acids is 2. The van der Waals surface area contributed by atoms with Gasteiger partial charge in [0.1, 0.15) is 11.5 Å². The topological polar surface area (TPSA) is 55.8 Å². The van der Waals surface area contributed by atoms with Crippen molar-refractivity contribution in [2.75, 3.05) is 12.0 Å². The number of hydrogen-bond donors (Lipinski definition) is 0. The minimum atomic E-state index is -0.362. The molecule has 5 heteroatoms. The van der Waals surface area contributed by atoms with Crippen LogP contribution in [0, 0.1) is 0 Å². The molecule has 0 bridgehead atoms. The van der Waals surface area contributed by atoms with Crippen LogP contribution >= 0.6 is 0 Å². The Balaban J connectivity index is 1.85. The van der Waals surface area contributed by atoms with Crippen LogP contribution in [0.15, 0.2) is 48.5 Å². The zero-order chi connectivity index (χ0) is 16.4. The van der Waals surface area contributed by atoms with Crippen molar-refractivity contribution in [3.8, 4) is 11.5 Å². The number of carbonyl (C=O) groups is 2. The maximum Gasteiger partial charge on any atom is 0.308 e. The van der Waals surface area contributed by atoms with Gasteiger partial charge in [-0.15, -0.1) is 0 Å². The van der Waals surface area contributed by atoms with Crippen molar-refractivity contribution in [3.63, 3.8) is 0 Å². The number of anilines is 1. The Morgan fingerprint density at radius 2 is 1.87 bits per heavy atom. The van der Waals surface area contributed by atoms with Gasteiger partial charge in [-0.3, -0.25) is 9.59 Å². The molecule has 0 radical (unpaired) electrons. The maximum absolute atomic E-state index is 12.0. The van der Waals surface area contributed by atoms with Crippen molar-refractivity contribution in [3.05, 3.63) is 54.1 Å². The third kappa shape index (κ3) is 3.04. The molecule has 1 atom stereocenters. The van der Waals surface area contributed by atoms with E-state index in [1.807, 2.05) is 36.4 Å². The number of β-lactam (4-membered cyclic amide) rings is 1. The van der Waals surface area contributed by atoms with Gasteiger partial charge >= 0.3 is 5.97 Å². The lowest BCUT2D eigenvalue weighted by atomic mass is 9.93. The van der Waals surface area contributed by atoms with E-state index in [1.54, 1.807) is 24.1 Å². The molecule has 0 spiro atoms. The van der Waals surface area contributed by atoms with Gasteiger partial charge in [0.25, 0.3) is 0 Å². The molecule has 1 aliphatic rings. The highest BCUT2D eigenvalue weighted by Gasteiger charge is 2.38. The number of amides is 1. The summed E-state index contributed by atoms with van der Waals surface area (Å²) in [6, 6.07) is 14.6. The first-order chi connectivity index (χ1) is 11.1. The molecule has 2 aromatic carbocycles. The molecule has 1 fully saturated rings. The van der Waals surface area contributed by atoms with Crippen LogP contribution in [0.1, 0.15) is 24.9 Å². The molecular formula is C18H17NO4. The Bertz CT molecular complexity index is 739. The molecule has 0 aromatic heterocycles. The first kappa shape index (κ1) is 15.1. The summed E-state index contributed by atoms with van der Waals surface area (Å²) in [5, 5.41) is 0. The van der Waals surface area contributed by atoms with E-state index in [9.17, 15) is 9.59 Å². The van der Waals surface area contributed by atoms with Gasteiger partial charge in [-0.2, -0.15) is 0 Å². The van der Waals surface area contributed by atoms with Crippen LogP contribution in [0.25, 0.3) is 0 Å². The molecular weight excluding hydrogens is 294 g/mol. The van der Waals surface area contributed by atoms with Crippen LogP contribution < -0.4 is 14.4 Å². The highest BCUT2D eigenvalue weighted by Crippen LogP contribution is 2.40. The van der Waals surface area contributed by atoms with E-state index in [2.05, 4.69) is 0 Å². The predicted molar refractivity (Wildman–Crippen MR) is 85.6 cm³/mol. The Kier molecular flexibility index (Phi) is 4.02. The van der Waals surface area contributed by atoms with E-state index in [0.717, 1.165) is 17.0 Å². The normalized spacial score (nSPS) is 16.7. The van der Waals surface area contributed by atoms with E-state index >= 15 is 0 Å². The van der Waals surface area contributed by atoms with Crippen LogP contribution in [0.3, 0.4) is 0 Å². The van der Waals surface area contributed by atoms with Gasteiger partial charge in [-0.05, 0) is 42.0 Å². The molecule has 1 unspecified atom stereocenters. The molecule has 1 saturated heterocycles. The van der Waals surface area contributed by atoms with Crippen LogP contribution in [0.2, 0.25) is 0 Å². The van der Waals surface area contributed by atoms with Gasteiger partial charge in [0.2, 0.25) is 5.91 Å². The van der Waals surface area contributed by atoms with Gasteiger partial charge in [0, 0.05) is 12.6 Å². The summed E-state index contributed by atoms with van der Waals surface area (Å²) in [4.78, 5) is 24.9. The van der Waals surface area contributed by atoms with Crippen LogP contribution in [0.5, 0.6) is 11.5 Å². The molecule has 1 heterocycles. The molecule has 118 valence electrons. The van der Waals surface area contributed by atoms with Gasteiger partial charge in [0.15, 0.2) is 0 Å². The van der Waals surface area contributed by atoms with E-state index in [4.69, 9.17) is 9.47 Å². The number of ether oxygens (including phenoxy) is 2. The lowest BCUT2D eigenvalue weighted by Gasteiger charge is -2.40. The highest BCUT2D eigenvalue weighted by molar-refractivity contribution is 6.01. The van der Waals surface area contributed by atoms with Gasteiger partial charge in [-0.1, -0.05) is 12.1 Å². The summed E-state index contributed by atoms with van der Waals surface area (Å²) in [6.45, 7) is 1.36. The molecule has 0 N–H and O–H groups in total. The molecule has 23 heavy (non-hydrogen) atoms. The second-order valence-electron chi connectivity index (χ2n) is 5.35. The van der Waals surface area contributed by atoms with Crippen LogP contribution in [0.4, 0.5) is 5.69 Å². The minimum absolute atomic E-state index is 0.0496. The zero-order valence-electron chi connectivity index (χ0n) is 13.0. The van der Waals surface area contributed by atoms with Crippen molar-refractivity contribution in [2.24, 2.45) is 0 Å². The first-order valence-corrected chi connectivity index (χ1v) is 7.33. The second-order valence-corrected chi connectivity index (χ2v) is 5.35. The first-order valence-electron chi connectivity index (χ1n) is 7.33. The summed E-state index contributed by atoms with van der Waals surface area (Å²) in [5.74, 6) is 0.941. The van der Waals surface area contributed by atoms with Gasteiger partial charge in [-0.25, -0.2) is 0 Å². The summed E-state index contributed by atoms with van der Waals surface area (Å²) < 4.78 is 10.3. The van der Waals surface area contributed by atoms with Crippen molar-refractivity contribution < 1.29 is 19.1 Å². The molecule has 1 aliphatic heterocycles. The molecule has 3 rings (SSSR count). The Morgan fingerprint density at radius 1 is 1.13 bits per heavy atom. The fraction of sp³-hybridized carbons (Fsp3) is 0.222. The number of methoxy groups -OCH3 is 1. The Hall–Kier alpha value is -2.82. The molecule has 5 nitrogen and oxygen atoms in total.